The Hall–Kier alpha value is -1.32. The first-order valence-electron chi connectivity index (χ1n) is 6.74. The van der Waals surface area contributed by atoms with E-state index in [0.717, 1.165) is 19.3 Å². The summed E-state index contributed by atoms with van der Waals surface area (Å²) in [6, 6.07) is -0.759. The fourth-order valence-corrected chi connectivity index (χ4v) is 3.03. The Balaban J connectivity index is 1.97. The van der Waals surface area contributed by atoms with Crippen molar-refractivity contribution >= 4 is 11.9 Å². The van der Waals surface area contributed by atoms with Crippen LogP contribution in [0.25, 0.3) is 0 Å². The summed E-state index contributed by atoms with van der Waals surface area (Å²) >= 11 is 0. The molecule has 0 aromatic heterocycles. The molecular weight excluding hydrogens is 230 g/mol. The van der Waals surface area contributed by atoms with Gasteiger partial charge in [-0.3, -0.25) is 4.79 Å². The lowest BCUT2D eigenvalue weighted by molar-refractivity contribution is -0.144. The molecule has 2 aliphatic rings. The van der Waals surface area contributed by atoms with Gasteiger partial charge in [0.2, 0.25) is 5.91 Å². The zero-order chi connectivity index (χ0) is 13.3. The molecule has 0 saturated heterocycles. The molecule has 18 heavy (non-hydrogen) atoms. The first-order valence-corrected chi connectivity index (χ1v) is 6.74. The van der Waals surface area contributed by atoms with E-state index in [9.17, 15) is 9.59 Å². The number of nitrogens with one attached hydrogen (secondary N) is 1. The molecule has 5 atom stereocenters. The highest BCUT2D eigenvalue weighted by atomic mass is 16.4. The highest BCUT2D eigenvalue weighted by Crippen LogP contribution is 2.43. The van der Waals surface area contributed by atoms with Gasteiger partial charge in [0.25, 0.3) is 0 Å². The second kappa shape index (κ2) is 5.12. The maximum atomic E-state index is 12.2. The predicted molar refractivity (Wildman–Crippen MR) is 67.9 cm³/mol. The molecule has 2 rings (SSSR count). The molecule has 4 heteroatoms. The predicted octanol–water partition coefficient (Wildman–Crippen LogP) is 1.81. The smallest absolute Gasteiger partial charge is 0.326 e. The van der Waals surface area contributed by atoms with Gasteiger partial charge in [0.1, 0.15) is 6.04 Å². The standard InChI is InChI=1S/C14H21NO3/c1-3-8(2)12(14(17)18)15-13(16)11-7-9-4-5-10(11)6-9/h4-5,8-12H,3,6-7H2,1-2H3,(H,15,16)(H,17,18). The van der Waals surface area contributed by atoms with Crippen LogP contribution in [0.4, 0.5) is 0 Å². The molecule has 0 radical (unpaired) electrons. The zero-order valence-electron chi connectivity index (χ0n) is 10.9. The molecule has 0 aliphatic heterocycles. The lowest BCUT2D eigenvalue weighted by atomic mass is 9.91. The Morgan fingerprint density at radius 2 is 2.11 bits per heavy atom. The summed E-state index contributed by atoms with van der Waals surface area (Å²) in [7, 11) is 0. The number of hydrogen-bond donors (Lipinski definition) is 2. The second-order valence-electron chi connectivity index (χ2n) is 5.60. The summed E-state index contributed by atoms with van der Waals surface area (Å²) < 4.78 is 0. The molecule has 1 saturated carbocycles. The topological polar surface area (TPSA) is 66.4 Å². The summed E-state index contributed by atoms with van der Waals surface area (Å²) in [4.78, 5) is 23.3. The second-order valence-corrected chi connectivity index (χ2v) is 5.60. The van der Waals surface area contributed by atoms with Crippen molar-refractivity contribution in [2.75, 3.05) is 0 Å². The van der Waals surface area contributed by atoms with Crippen molar-refractivity contribution in [2.24, 2.45) is 23.7 Å². The van der Waals surface area contributed by atoms with Crippen LogP contribution in [0.3, 0.4) is 0 Å². The summed E-state index contributed by atoms with van der Waals surface area (Å²) in [5.41, 5.74) is 0. The van der Waals surface area contributed by atoms with Gasteiger partial charge in [-0.2, -0.15) is 0 Å². The lowest BCUT2D eigenvalue weighted by Gasteiger charge is -2.24. The monoisotopic (exact) mass is 251 g/mol. The molecule has 2 N–H and O–H groups in total. The number of fused-ring (bicyclic) bond motifs is 2. The minimum Gasteiger partial charge on any atom is -0.480 e. The van der Waals surface area contributed by atoms with Crippen LogP contribution in [-0.4, -0.2) is 23.0 Å². The fourth-order valence-electron chi connectivity index (χ4n) is 3.03. The van der Waals surface area contributed by atoms with Crippen molar-refractivity contribution in [1.82, 2.24) is 5.32 Å². The summed E-state index contributed by atoms with van der Waals surface area (Å²) in [6.45, 7) is 3.80. The third kappa shape index (κ3) is 2.42. The van der Waals surface area contributed by atoms with Crippen LogP contribution in [0.5, 0.6) is 0 Å². The minimum atomic E-state index is -0.934. The quantitative estimate of drug-likeness (QED) is 0.732. The van der Waals surface area contributed by atoms with Crippen LogP contribution in [0.2, 0.25) is 0 Å². The average Bonchev–Trinajstić information content (AvgIpc) is 2.96. The number of amides is 1. The Kier molecular flexibility index (Phi) is 3.73. The normalized spacial score (nSPS) is 32.2. The molecule has 5 unspecified atom stereocenters. The van der Waals surface area contributed by atoms with Crippen molar-refractivity contribution < 1.29 is 14.7 Å². The number of carboxylic acids is 1. The van der Waals surface area contributed by atoms with Crippen molar-refractivity contribution in [1.29, 1.82) is 0 Å². The fraction of sp³-hybridized carbons (Fsp3) is 0.714. The Bertz CT molecular complexity index is 377. The molecule has 0 spiro atoms. The van der Waals surface area contributed by atoms with E-state index in [1.165, 1.54) is 0 Å². The highest BCUT2D eigenvalue weighted by molar-refractivity contribution is 5.85. The number of rotatable bonds is 5. The molecule has 0 heterocycles. The molecular formula is C14H21NO3. The SMILES string of the molecule is CCC(C)C(NC(=O)C1CC2C=CC1C2)C(=O)O. The Morgan fingerprint density at radius 3 is 2.56 bits per heavy atom. The van der Waals surface area contributed by atoms with Gasteiger partial charge in [-0.05, 0) is 30.6 Å². The molecule has 2 aliphatic carbocycles. The van der Waals surface area contributed by atoms with E-state index in [4.69, 9.17) is 5.11 Å². The Labute approximate surface area is 107 Å². The van der Waals surface area contributed by atoms with Gasteiger partial charge < -0.3 is 10.4 Å². The average molecular weight is 251 g/mol. The minimum absolute atomic E-state index is 0.0223. The first kappa shape index (κ1) is 13.1. The number of carbonyl (C=O) groups excluding carboxylic acids is 1. The van der Waals surface area contributed by atoms with E-state index in [2.05, 4.69) is 17.5 Å². The van der Waals surface area contributed by atoms with Gasteiger partial charge in [-0.1, -0.05) is 32.4 Å². The first-order chi connectivity index (χ1) is 8.52. The summed E-state index contributed by atoms with van der Waals surface area (Å²) in [5, 5.41) is 11.9. The number of aliphatic carboxylic acids is 1. The number of carbonyl (C=O) groups is 2. The van der Waals surface area contributed by atoms with Gasteiger partial charge >= 0.3 is 5.97 Å². The molecule has 0 aromatic rings. The third-order valence-corrected chi connectivity index (χ3v) is 4.39. The van der Waals surface area contributed by atoms with E-state index in [1.807, 2.05) is 13.8 Å². The van der Waals surface area contributed by atoms with E-state index >= 15 is 0 Å². The van der Waals surface area contributed by atoms with E-state index < -0.39 is 12.0 Å². The van der Waals surface area contributed by atoms with Crippen LogP contribution in [0, 0.1) is 23.7 Å². The largest absolute Gasteiger partial charge is 0.480 e. The van der Waals surface area contributed by atoms with Gasteiger partial charge in [0.15, 0.2) is 0 Å². The lowest BCUT2D eigenvalue weighted by Crippen LogP contribution is -2.47. The number of carboxylic acid groups (broad SMARTS) is 1. The maximum absolute atomic E-state index is 12.2. The van der Waals surface area contributed by atoms with Crippen LogP contribution in [-0.2, 0) is 9.59 Å². The Morgan fingerprint density at radius 1 is 1.39 bits per heavy atom. The van der Waals surface area contributed by atoms with E-state index in [-0.39, 0.29) is 17.7 Å². The zero-order valence-corrected chi connectivity index (χ0v) is 10.9. The summed E-state index contributed by atoms with van der Waals surface area (Å²) in [6.07, 6.45) is 6.96. The van der Waals surface area contributed by atoms with Crippen molar-refractivity contribution in [3.8, 4) is 0 Å². The van der Waals surface area contributed by atoms with Crippen LogP contribution < -0.4 is 5.32 Å². The maximum Gasteiger partial charge on any atom is 0.326 e. The molecule has 4 nitrogen and oxygen atoms in total. The summed E-state index contributed by atoms with van der Waals surface area (Å²) in [5.74, 6) is -0.235. The van der Waals surface area contributed by atoms with Gasteiger partial charge in [-0.15, -0.1) is 0 Å². The van der Waals surface area contributed by atoms with E-state index in [1.54, 1.807) is 0 Å². The van der Waals surface area contributed by atoms with E-state index in [0.29, 0.717) is 11.8 Å². The molecule has 1 fully saturated rings. The van der Waals surface area contributed by atoms with Gasteiger partial charge in [0.05, 0.1) is 0 Å². The molecule has 100 valence electrons. The van der Waals surface area contributed by atoms with Crippen LogP contribution in [0.1, 0.15) is 33.1 Å². The van der Waals surface area contributed by atoms with Crippen LogP contribution in [0.15, 0.2) is 12.2 Å². The van der Waals surface area contributed by atoms with Crippen molar-refractivity contribution in [2.45, 2.75) is 39.2 Å². The van der Waals surface area contributed by atoms with Gasteiger partial charge in [0, 0.05) is 5.92 Å². The molecule has 0 aromatic carbocycles. The van der Waals surface area contributed by atoms with Crippen molar-refractivity contribution in [3.05, 3.63) is 12.2 Å². The van der Waals surface area contributed by atoms with Gasteiger partial charge in [-0.25, -0.2) is 4.79 Å². The van der Waals surface area contributed by atoms with Crippen LogP contribution >= 0.6 is 0 Å². The molecule has 1 amide bonds. The number of hydrogen-bond acceptors (Lipinski definition) is 2. The third-order valence-electron chi connectivity index (χ3n) is 4.39. The van der Waals surface area contributed by atoms with Crippen molar-refractivity contribution in [3.63, 3.8) is 0 Å². The molecule has 2 bridgehead atoms. The number of allylic oxidation sites excluding steroid dienone is 2. The highest BCUT2D eigenvalue weighted by Gasteiger charge is 2.41.